The molecule has 2 saturated heterocycles. The molecule has 3 fully saturated rings. The van der Waals surface area contributed by atoms with Crippen molar-refractivity contribution in [1.29, 1.82) is 0 Å². The van der Waals surface area contributed by atoms with Gasteiger partial charge in [-0.3, -0.25) is 19.5 Å². The number of fused-ring (bicyclic) bond motifs is 2. The Bertz CT molecular complexity index is 868. The molecule has 1 saturated carbocycles. The number of aryl methyl sites for hydroxylation is 1. The van der Waals surface area contributed by atoms with E-state index in [9.17, 15) is 9.59 Å². The van der Waals surface area contributed by atoms with E-state index in [0.717, 1.165) is 64.3 Å². The fraction of sp³-hybridized carbons (Fsp3) is 0.769. The molecule has 1 aromatic rings. The minimum atomic E-state index is -0.143. The maximum absolute atomic E-state index is 13.3. The molecule has 3 heterocycles. The van der Waals surface area contributed by atoms with Gasteiger partial charge in [-0.05, 0) is 43.4 Å². The molecule has 3 aliphatic rings. The number of aromatic nitrogens is 2. The molecular weight excluding hydrogens is 430 g/mol. The molecule has 8 heteroatoms. The van der Waals surface area contributed by atoms with E-state index < -0.39 is 0 Å². The maximum atomic E-state index is 13.3. The lowest BCUT2D eigenvalue weighted by Crippen LogP contribution is -2.42. The van der Waals surface area contributed by atoms with Gasteiger partial charge < -0.3 is 14.5 Å². The van der Waals surface area contributed by atoms with Gasteiger partial charge in [0.05, 0.1) is 25.1 Å². The van der Waals surface area contributed by atoms with Gasteiger partial charge in [-0.2, -0.15) is 0 Å². The van der Waals surface area contributed by atoms with Crippen LogP contribution < -0.4 is 0 Å². The second-order valence-corrected chi connectivity index (χ2v) is 11.6. The molecule has 2 unspecified atom stereocenters. The van der Waals surface area contributed by atoms with Crippen LogP contribution >= 0.6 is 0 Å². The van der Waals surface area contributed by atoms with Gasteiger partial charge in [0.25, 0.3) is 5.91 Å². The molecular formula is C26H41N5O3. The summed E-state index contributed by atoms with van der Waals surface area (Å²) >= 11 is 0. The van der Waals surface area contributed by atoms with Gasteiger partial charge in [-0.1, -0.05) is 20.8 Å². The second kappa shape index (κ2) is 10.3. The number of carbonyl (C=O) groups excluding carboxylic acids is 2. The maximum Gasteiger partial charge on any atom is 0.274 e. The summed E-state index contributed by atoms with van der Waals surface area (Å²) in [4.78, 5) is 41.4. The van der Waals surface area contributed by atoms with E-state index in [1.165, 1.54) is 6.42 Å². The summed E-state index contributed by atoms with van der Waals surface area (Å²) in [5.41, 5.74) is 1.61. The van der Waals surface area contributed by atoms with Gasteiger partial charge >= 0.3 is 0 Å². The smallest absolute Gasteiger partial charge is 0.274 e. The van der Waals surface area contributed by atoms with Crippen LogP contribution in [0.3, 0.4) is 0 Å². The Balaban J connectivity index is 1.37. The Morgan fingerprint density at radius 3 is 2.59 bits per heavy atom. The van der Waals surface area contributed by atoms with Gasteiger partial charge in [0, 0.05) is 57.9 Å². The summed E-state index contributed by atoms with van der Waals surface area (Å²) in [5, 5.41) is 0. The third-order valence-corrected chi connectivity index (χ3v) is 7.62. The number of ether oxygens (including phenoxy) is 1. The van der Waals surface area contributed by atoms with Crippen molar-refractivity contribution in [3.63, 3.8) is 0 Å². The zero-order valence-electron chi connectivity index (χ0n) is 21.4. The molecule has 2 atom stereocenters. The SMILES string of the molecule is Cc1cnc(C(=O)N(CCCN2CCOCC2)CCC(=O)N2CC3(C)CC2CC(C)(C)C3)cn1. The fourth-order valence-corrected chi connectivity index (χ4v) is 6.42. The number of carbonyl (C=O) groups is 2. The first-order valence-electron chi connectivity index (χ1n) is 12.8. The molecule has 8 nitrogen and oxygen atoms in total. The highest BCUT2D eigenvalue weighted by Gasteiger charge is 2.50. The fourth-order valence-electron chi connectivity index (χ4n) is 6.42. The zero-order chi connectivity index (χ0) is 24.3. The lowest BCUT2D eigenvalue weighted by Gasteiger charge is -2.39. The van der Waals surface area contributed by atoms with Crippen molar-refractivity contribution < 1.29 is 14.3 Å². The molecule has 0 radical (unpaired) electrons. The molecule has 2 amide bonds. The molecule has 2 aliphatic heterocycles. The monoisotopic (exact) mass is 471 g/mol. The van der Waals surface area contributed by atoms with E-state index in [4.69, 9.17) is 4.74 Å². The average Bonchev–Trinajstić information content (AvgIpc) is 3.05. The Morgan fingerprint density at radius 1 is 1.12 bits per heavy atom. The normalized spacial score (nSPS) is 26.5. The van der Waals surface area contributed by atoms with Gasteiger partial charge in [-0.15, -0.1) is 0 Å². The van der Waals surface area contributed by atoms with Crippen LogP contribution in [-0.2, 0) is 9.53 Å². The van der Waals surface area contributed by atoms with Crippen LogP contribution in [-0.4, -0.2) is 95.0 Å². The highest BCUT2D eigenvalue weighted by molar-refractivity contribution is 5.92. The lowest BCUT2D eigenvalue weighted by atomic mass is 9.65. The minimum absolute atomic E-state index is 0.143. The number of rotatable bonds is 8. The molecule has 1 aliphatic carbocycles. The van der Waals surface area contributed by atoms with Crippen LogP contribution in [0.2, 0.25) is 0 Å². The van der Waals surface area contributed by atoms with Crippen LogP contribution in [0.1, 0.15) is 69.1 Å². The topological polar surface area (TPSA) is 78.9 Å². The van der Waals surface area contributed by atoms with E-state index >= 15 is 0 Å². The zero-order valence-corrected chi connectivity index (χ0v) is 21.4. The molecule has 0 aromatic carbocycles. The summed E-state index contributed by atoms with van der Waals surface area (Å²) in [5.74, 6) is 0.0305. The predicted molar refractivity (Wildman–Crippen MR) is 130 cm³/mol. The van der Waals surface area contributed by atoms with Crippen LogP contribution in [0.4, 0.5) is 0 Å². The summed E-state index contributed by atoms with van der Waals surface area (Å²) in [7, 11) is 0. The van der Waals surface area contributed by atoms with Crippen LogP contribution in [0.5, 0.6) is 0 Å². The summed E-state index contributed by atoms with van der Waals surface area (Å²) in [6.07, 6.45) is 7.71. The molecule has 1 aromatic heterocycles. The van der Waals surface area contributed by atoms with E-state index in [1.807, 2.05) is 6.92 Å². The van der Waals surface area contributed by atoms with E-state index in [1.54, 1.807) is 17.3 Å². The summed E-state index contributed by atoms with van der Waals surface area (Å²) in [6.45, 7) is 15.0. The number of hydrogen-bond acceptors (Lipinski definition) is 6. The summed E-state index contributed by atoms with van der Waals surface area (Å²) in [6, 6.07) is 0.328. The van der Waals surface area contributed by atoms with Gasteiger partial charge in [0.1, 0.15) is 5.69 Å². The first-order valence-corrected chi connectivity index (χ1v) is 12.8. The van der Waals surface area contributed by atoms with E-state index in [2.05, 4.69) is 40.5 Å². The number of likely N-dealkylation sites (tertiary alicyclic amines) is 1. The van der Waals surface area contributed by atoms with Crippen molar-refractivity contribution >= 4 is 11.8 Å². The van der Waals surface area contributed by atoms with Crippen LogP contribution in [0, 0.1) is 17.8 Å². The van der Waals surface area contributed by atoms with Crippen molar-refractivity contribution in [2.75, 3.05) is 52.5 Å². The number of nitrogens with zero attached hydrogens (tertiary/aromatic N) is 5. The highest BCUT2D eigenvalue weighted by Crippen LogP contribution is 2.52. The molecule has 0 N–H and O–H groups in total. The van der Waals surface area contributed by atoms with Crippen molar-refractivity contribution in [1.82, 2.24) is 24.7 Å². The lowest BCUT2D eigenvalue weighted by molar-refractivity contribution is -0.132. The Kier molecular flexibility index (Phi) is 7.57. The van der Waals surface area contributed by atoms with Gasteiger partial charge in [0.15, 0.2) is 0 Å². The second-order valence-electron chi connectivity index (χ2n) is 11.6. The van der Waals surface area contributed by atoms with Crippen LogP contribution in [0.25, 0.3) is 0 Å². The highest BCUT2D eigenvalue weighted by atomic mass is 16.5. The molecule has 4 rings (SSSR count). The largest absolute Gasteiger partial charge is 0.379 e. The minimum Gasteiger partial charge on any atom is -0.379 e. The quantitative estimate of drug-likeness (QED) is 0.580. The molecule has 2 bridgehead atoms. The van der Waals surface area contributed by atoms with E-state index in [-0.39, 0.29) is 22.6 Å². The predicted octanol–water partition coefficient (Wildman–Crippen LogP) is 2.77. The third-order valence-electron chi connectivity index (χ3n) is 7.62. The molecule has 188 valence electrons. The standard InChI is InChI=1S/C26H41N5O3/c1-20-16-28-22(17-27-20)24(33)30(8-5-7-29-10-12-34-13-11-29)9-6-23(32)31-19-26(4)15-21(31)14-25(2,3)18-26/h16-17,21H,5-15,18-19H2,1-4H3. The first-order chi connectivity index (χ1) is 16.1. The Labute approximate surface area is 204 Å². The molecule has 0 spiro atoms. The number of morpholine rings is 1. The first kappa shape index (κ1) is 25.0. The Morgan fingerprint density at radius 2 is 1.88 bits per heavy atom. The summed E-state index contributed by atoms with van der Waals surface area (Å²) < 4.78 is 5.43. The molecule has 34 heavy (non-hydrogen) atoms. The van der Waals surface area contributed by atoms with Crippen molar-refractivity contribution in [3.8, 4) is 0 Å². The number of amides is 2. The third kappa shape index (κ3) is 6.13. The average molecular weight is 472 g/mol. The van der Waals surface area contributed by atoms with Crippen molar-refractivity contribution in [2.24, 2.45) is 10.8 Å². The van der Waals surface area contributed by atoms with Crippen LogP contribution in [0.15, 0.2) is 12.4 Å². The van der Waals surface area contributed by atoms with Crippen molar-refractivity contribution in [3.05, 3.63) is 23.8 Å². The van der Waals surface area contributed by atoms with E-state index in [0.29, 0.717) is 31.2 Å². The van der Waals surface area contributed by atoms with Crippen molar-refractivity contribution in [2.45, 2.75) is 65.8 Å². The van der Waals surface area contributed by atoms with Gasteiger partial charge in [-0.25, -0.2) is 4.98 Å². The Hall–Kier alpha value is -2.06. The number of hydrogen-bond donors (Lipinski definition) is 0. The van der Waals surface area contributed by atoms with Gasteiger partial charge in [0.2, 0.25) is 5.91 Å².